The molecule has 3 rings (SSSR count). The largest absolute Gasteiger partial charge is 0.396 e. The van der Waals surface area contributed by atoms with Crippen LogP contribution in [-0.2, 0) is 9.59 Å². The molecule has 1 saturated carbocycles. The van der Waals surface area contributed by atoms with E-state index in [0.29, 0.717) is 5.69 Å². The zero-order valence-electron chi connectivity index (χ0n) is 14.2. The predicted octanol–water partition coefficient (Wildman–Crippen LogP) is 2.84. The molecular formula is C20H24N2O3. The third-order valence-corrected chi connectivity index (χ3v) is 4.95. The topological polar surface area (TPSA) is 78.4 Å². The number of carbonyl (C=O) groups excluding carboxylic acids is 2. The van der Waals surface area contributed by atoms with Crippen LogP contribution in [0.4, 0.5) is 5.69 Å². The van der Waals surface area contributed by atoms with Gasteiger partial charge in [0, 0.05) is 29.6 Å². The van der Waals surface area contributed by atoms with E-state index in [-0.39, 0.29) is 18.6 Å². The fourth-order valence-corrected chi connectivity index (χ4v) is 3.54. The molecule has 5 heteroatoms. The number of fused-ring (bicyclic) bond motifs is 1. The maximum atomic E-state index is 12.3. The summed E-state index contributed by atoms with van der Waals surface area (Å²) in [5.74, 6) is -1.28. The van der Waals surface area contributed by atoms with Crippen LogP contribution in [0.15, 0.2) is 42.5 Å². The molecule has 0 bridgehead atoms. The fourth-order valence-electron chi connectivity index (χ4n) is 3.54. The van der Waals surface area contributed by atoms with Crippen molar-refractivity contribution in [3.05, 3.63) is 42.5 Å². The van der Waals surface area contributed by atoms with Crippen molar-refractivity contribution in [2.24, 2.45) is 5.92 Å². The van der Waals surface area contributed by atoms with Gasteiger partial charge in [-0.1, -0.05) is 55.7 Å². The minimum Gasteiger partial charge on any atom is -0.396 e. The van der Waals surface area contributed by atoms with Gasteiger partial charge in [0.1, 0.15) is 0 Å². The monoisotopic (exact) mass is 340 g/mol. The summed E-state index contributed by atoms with van der Waals surface area (Å²) in [6.07, 6.45) is 4.85. The van der Waals surface area contributed by atoms with Gasteiger partial charge in [0.15, 0.2) is 0 Å². The number of anilines is 1. The number of amides is 2. The van der Waals surface area contributed by atoms with Crippen molar-refractivity contribution in [3.63, 3.8) is 0 Å². The number of benzene rings is 2. The van der Waals surface area contributed by atoms with Crippen molar-refractivity contribution in [1.82, 2.24) is 5.32 Å². The van der Waals surface area contributed by atoms with E-state index in [2.05, 4.69) is 10.6 Å². The first kappa shape index (κ1) is 17.4. The summed E-state index contributed by atoms with van der Waals surface area (Å²) in [5, 5.41) is 17.0. The van der Waals surface area contributed by atoms with Crippen LogP contribution in [0.3, 0.4) is 0 Å². The highest BCUT2D eigenvalue weighted by atomic mass is 16.3. The molecule has 2 aromatic carbocycles. The highest BCUT2D eigenvalue weighted by Gasteiger charge is 2.27. The lowest BCUT2D eigenvalue weighted by atomic mass is 9.95. The molecule has 2 aromatic rings. The molecule has 2 unspecified atom stereocenters. The van der Waals surface area contributed by atoms with Gasteiger partial charge in [-0.15, -0.1) is 0 Å². The SMILES string of the molecule is O=C(Nc1cccc2ccccc12)C(=O)NC1CCCCCC1CO. The van der Waals surface area contributed by atoms with Crippen LogP contribution in [0.1, 0.15) is 32.1 Å². The van der Waals surface area contributed by atoms with Gasteiger partial charge < -0.3 is 15.7 Å². The molecule has 0 aromatic heterocycles. The van der Waals surface area contributed by atoms with Crippen LogP contribution in [0.2, 0.25) is 0 Å². The second-order valence-corrected chi connectivity index (χ2v) is 6.64. The van der Waals surface area contributed by atoms with Gasteiger partial charge in [-0.25, -0.2) is 0 Å². The molecule has 0 heterocycles. The van der Waals surface area contributed by atoms with Crippen molar-refractivity contribution in [3.8, 4) is 0 Å². The standard InChI is InChI=1S/C20H24N2O3/c23-13-15-8-2-1-3-11-17(15)21-19(24)20(25)22-18-12-6-9-14-7-4-5-10-16(14)18/h4-7,9-10,12,15,17,23H,1-3,8,11,13H2,(H,21,24)(H,22,25). The Bertz CT molecular complexity index is 754. The van der Waals surface area contributed by atoms with Gasteiger partial charge in [-0.2, -0.15) is 0 Å². The zero-order valence-corrected chi connectivity index (χ0v) is 14.2. The maximum absolute atomic E-state index is 12.3. The van der Waals surface area contributed by atoms with Crippen LogP contribution >= 0.6 is 0 Å². The number of hydrogen-bond acceptors (Lipinski definition) is 3. The Morgan fingerprint density at radius 2 is 1.72 bits per heavy atom. The lowest BCUT2D eigenvalue weighted by Gasteiger charge is -2.24. The van der Waals surface area contributed by atoms with Crippen molar-refractivity contribution < 1.29 is 14.7 Å². The van der Waals surface area contributed by atoms with E-state index in [0.717, 1.165) is 42.9 Å². The van der Waals surface area contributed by atoms with Gasteiger partial charge in [0.05, 0.1) is 0 Å². The normalized spacial score (nSPS) is 20.7. The molecule has 1 aliphatic rings. The van der Waals surface area contributed by atoms with Crippen LogP contribution in [0.25, 0.3) is 10.8 Å². The third kappa shape index (κ3) is 4.17. The first-order valence-electron chi connectivity index (χ1n) is 8.89. The lowest BCUT2D eigenvalue weighted by molar-refractivity contribution is -0.137. The number of rotatable bonds is 3. The summed E-state index contributed by atoms with van der Waals surface area (Å²) < 4.78 is 0. The summed E-state index contributed by atoms with van der Waals surface area (Å²) in [4.78, 5) is 24.6. The molecule has 25 heavy (non-hydrogen) atoms. The maximum Gasteiger partial charge on any atom is 0.313 e. The number of carbonyl (C=O) groups is 2. The molecule has 5 nitrogen and oxygen atoms in total. The smallest absolute Gasteiger partial charge is 0.313 e. The van der Waals surface area contributed by atoms with E-state index in [1.807, 2.05) is 36.4 Å². The third-order valence-electron chi connectivity index (χ3n) is 4.95. The van der Waals surface area contributed by atoms with Gasteiger partial charge in [-0.05, 0) is 24.3 Å². The second-order valence-electron chi connectivity index (χ2n) is 6.64. The molecule has 132 valence electrons. The molecular weight excluding hydrogens is 316 g/mol. The summed E-state index contributed by atoms with van der Waals surface area (Å²) in [6.45, 7) is 0.0376. The van der Waals surface area contributed by atoms with E-state index < -0.39 is 11.8 Å². The van der Waals surface area contributed by atoms with Crippen LogP contribution in [0.5, 0.6) is 0 Å². The molecule has 0 aliphatic heterocycles. The van der Waals surface area contributed by atoms with Crippen LogP contribution < -0.4 is 10.6 Å². The molecule has 0 saturated heterocycles. The van der Waals surface area contributed by atoms with E-state index in [4.69, 9.17) is 0 Å². The van der Waals surface area contributed by atoms with Gasteiger partial charge in [0.2, 0.25) is 0 Å². The average molecular weight is 340 g/mol. The van der Waals surface area contributed by atoms with Crippen molar-refractivity contribution in [2.45, 2.75) is 38.1 Å². The highest BCUT2D eigenvalue weighted by Crippen LogP contribution is 2.24. The molecule has 3 N–H and O–H groups in total. The number of nitrogens with one attached hydrogen (secondary N) is 2. The van der Waals surface area contributed by atoms with E-state index in [1.54, 1.807) is 6.07 Å². The molecule has 0 radical (unpaired) electrons. The minimum atomic E-state index is -0.669. The second kappa shape index (κ2) is 8.12. The Kier molecular flexibility index (Phi) is 5.66. The van der Waals surface area contributed by atoms with E-state index in [9.17, 15) is 14.7 Å². The van der Waals surface area contributed by atoms with Crippen LogP contribution in [0, 0.1) is 5.92 Å². The predicted molar refractivity (Wildman–Crippen MR) is 98.2 cm³/mol. The fraction of sp³-hybridized carbons (Fsp3) is 0.400. The summed E-state index contributed by atoms with van der Waals surface area (Å²) in [7, 11) is 0. The first-order chi connectivity index (χ1) is 12.2. The van der Waals surface area contributed by atoms with Gasteiger partial charge in [0.25, 0.3) is 0 Å². The number of hydrogen-bond donors (Lipinski definition) is 3. The summed E-state index contributed by atoms with van der Waals surface area (Å²) >= 11 is 0. The molecule has 1 fully saturated rings. The molecule has 2 amide bonds. The Labute approximate surface area is 147 Å². The zero-order chi connectivity index (χ0) is 17.6. The molecule has 0 spiro atoms. The highest BCUT2D eigenvalue weighted by molar-refractivity contribution is 6.40. The van der Waals surface area contributed by atoms with Crippen molar-refractivity contribution >= 4 is 28.3 Å². The summed E-state index contributed by atoms with van der Waals surface area (Å²) in [6, 6.07) is 13.2. The van der Waals surface area contributed by atoms with Crippen LogP contribution in [-0.4, -0.2) is 29.6 Å². The molecule has 1 aliphatic carbocycles. The Hall–Kier alpha value is -2.40. The molecule has 2 atom stereocenters. The number of aliphatic hydroxyl groups is 1. The Morgan fingerprint density at radius 1 is 0.960 bits per heavy atom. The van der Waals surface area contributed by atoms with Gasteiger partial charge in [-0.3, -0.25) is 9.59 Å². The van der Waals surface area contributed by atoms with E-state index in [1.165, 1.54) is 0 Å². The first-order valence-corrected chi connectivity index (χ1v) is 8.89. The summed E-state index contributed by atoms with van der Waals surface area (Å²) in [5.41, 5.74) is 0.623. The quantitative estimate of drug-likeness (QED) is 0.594. The average Bonchev–Trinajstić information content (AvgIpc) is 2.87. The van der Waals surface area contributed by atoms with Crippen molar-refractivity contribution in [2.75, 3.05) is 11.9 Å². The number of aliphatic hydroxyl groups excluding tert-OH is 1. The van der Waals surface area contributed by atoms with Crippen molar-refractivity contribution in [1.29, 1.82) is 0 Å². The van der Waals surface area contributed by atoms with Gasteiger partial charge >= 0.3 is 11.8 Å². The Morgan fingerprint density at radius 3 is 2.56 bits per heavy atom. The Balaban J connectivity index is 1.68. The lowest BCUT2D eigenvalue weighted by Crippen LogP contribution is -2.45. The van der Waals surface area contributed by atoms with E-state index >= 15 is 0 Å². The minimum absolute atomic E-state index is 0.0248.